The van der Waals surface area contributed by atoms with Gasteiger partial charge >= 0.3 is 0 Å². The molecule has 0 saturated heterocycles. The molecular formula is C26H27N3O3. The number of fused-ring (bicyclic) bond motifs is 1. The number of rotatable bonds is 7. The van der Waals surface area contributed by atoms with Gasteiger partial charge in [0, 0.05) is 24.7 Å². The highest BCUT2D eigenvalue weighted by molar-refractivity contribution is 5.98. The Morgan fingerprint density at radius 3 is 2.53 bits per heavy atom. The molecule has 4 rings (SSSR count). The molecule has 1 aliphatic heterocycles. The zero-order valence-corrected chi connectivity index (χ0v) is 18.0. The van der Waals surface area contributed by atoms with E-state index in [-0.39, 0.29) is 17.9 Å². The van der Waals surface area contributed by atoms with Crippen LogP contribution in [0, 0.1) is 0 Å². The van der Waals surface area contributed by atoms with E-state index in [2.05, 4.69) is 22.0 Å². The monoisotopic (exact) mass is 429 g/mol. The van der Waals surface area contributed by atoms with Gasteiger partial charge < -0.3 is 20.7 Å². The number of hydrogen-bond acceptors (Lipinski definition) is 4. The average Bonchev–Trinajstić information content (AvgIpc) is 2.84. The van der Waals surface area contributed by atoms with Crippen LogP contribution in [0.1, 0.15) is 16.7 Å². The molecule has 0 bridgehead atoms. The summed E-state index contributed by atoms with van der Waals surface area (Å²) < 4.78 is 5.24. The van der Waals surface area contributed by atoms with Crippen LogP contribution in [-0.4, -0.2) is 31.0 Å². The zero-order valence-electron chi connectivity index (χ0n) is 18.0. The fourth-order valence-corrected chi connectivity index (χ4v) is 3.90. The smallest absolute Gasteiger partial charge is 0.247 e. The Kier molecular flexibility index (Phi) is 6.82. The minimum Gasteiger partial charge on any atom is -0.497 e. The number of hydrogen-bond donors (Lipinski definition) is 3. The van der Waals surface area contributed by atoms with Gasteiger partial charge in [-0.2, -0.15) is 0 Å². The Bertz CT molecular complexity index is 1080. The molecule has 3 N–H and O–H groups in total. The molecular weight excluding hydrogens is 402 g/mol. The van der Waals surface area contributed by atoms with Crippen LogP contribution in [0.25, 0.3) is 0 Å². The molecule has 2 amide bonds. The summed E-state index contributed by atoms with van der Waals surface area (Å²) in [4.78, 5) is 26.2. The Morgan fingerprint density at radius 1 is 1.00 bits per heavy atom. The van der Waals surface area contributed by atoms with Gasteiger partial charge in [0.15, 0.2) is 0 Å². The SMILES string of the molecule is COc1cccc(NC(=O)[C@H](Cc2ccccc2)NC(=O)[C@H]2Cc3ccccc3CN2)c1. The van der Waals surface area contributed by atoms with E-state index in [4.69, 9.17) is 4.74 Å². The second-order valence-electron chi connectivity index (χ2n) is 7.88. The molecule has 0 aliphatic carbocycles. The molecule has 0 saturated carbocycles. The zero-order chi connectivity index (χ0) is 22.3. The quantitative estimate of drug-likeness (QED) is 0.539. The molecule has 0 fully saturated rings. The van der Waals surface area contributed by atoms with Crippen LogP contribution in [0.2, 0.25) is 0 Å². The Labute approximate surface area is 188 Å². The molecule has 164 valence electrons. The largest absolute Gasteiger partial charge is 0.497 e. The van der Waals surface area contributed by atoms with Crippen LogP contribution in [-0.2, 0) is 29.0 Å². The van der Waals surface area contributed by atoms with Crippen LogP contribution in [0.4, 0.5) is 5.69 Å². The first kappa shape index (κ1) is 21.6. The highest BCUT2D eigenvalue weighted by Crippen LogP contribution is 2.18. The van der Waals surface area contributed by atoms with E-state index in [9.17, 15) is 9.59 Å². The third-order valence-corrected chi connectivity index (χ3v) is 5.65. The van der Waals surface area contributed by atoms with E-state index >= 15 is 0 Å². The predicted octanol–water partition coefficient (Wildman–Crippen LogP) is 3.08. The Morgan fingerprint density at radius 2 is 1.75 bits per heavy atom. The number of carbonyl (C=O) groups excluding carboxylic acids is 2. The molecule has 0 spiro atoms. The maximum Gasteiger partial charge on any atom is 0.247 e. The van der Waals surface area contributed by atoms with Gasteiger partial charge in [-0.3, -0.25) is 9.59 Å². The Balaban J connectivity index is 1.48. The van der Waals surface area contributed by atoms with E-state index in [0.717, 1.165) is 11.1 Å². The van der Waals surface area contributed by atoms with Gasteiger partial charge in [-0.1, -0.05) is 60.7 Å². The molecule has 6 nitrogen and oxygen atoms in total. The molecule has 6 heteroatoms. The summed E-state index contributed by atoms with van der Waals surface area (Å²) >= 11 is 0. The first-order chi connectivity index (χ1) is 15.6. The second-order valence-corrected chi connectivity index (χ2v) is 7.88. The first-order valence-corrected chi connectivity index (χ1v) is 10.7. The molecule has 1 heterocycles. The molecule has 0 unspecified atom stereocenters. The highest BCUT2D eigenvalue weighted by Gasteiger charge is 2.28. The summed E-state index contributed by atoms with van der Waals surface area (Å²) in [5.41, 5.74) is 3.95. The third kappa shape index (κ3) is 5.34. The van der Waals surface area contributed by atoms with E-state index in [0.29, 0.717) is 30.8 Å². The topological polar surface area (TPSA) is 79.5 Å². The Hall–Kier alpha value is -3.64. The summed E-state index contributed by atoms with van der Waals surface area (Å²) in [6.45, 7) is 0.633. The minimum absolute atomic E-state index is 0.179. The summed E-state index contributed by atoms with van der Waals surface area (Å²) in [6.07, 6.45) is 0.989. The lowest BCUT2D eigenvalue weighted by Crippen LogP contribution is -2.53. The van der Waals surface area contributed by atoms with Gasteiger partial charge in [-0.05, 0) is 35.2 Å². The van der Waals surface area contributed by atoms with Crippen molar-refractivity contribution in [1.29, 1.82) is 0 Å². The fourth-order valence-electron chi connectivity index (χ4n) is 3.90. The number of methoxy groups -OCH3 is 1. The number of amides is 2. The van der Waals surface area contributed by atoms with Crippen LogP contribution in [0.15, 0.2) is 78.9 Å². The molecule has 1 aliphatic rings. The normalized spacial score (nSPS) is 15.8. The van der Waals surface area contributed by atoms with Gasteiger partial charge in [0.2, 0.25) is 11.8 Å². The van der Waals surface area contributed by atoms with Crippen molar-refractivity contribution in [3.05, 3.63) is 95.6 Å². The predicted molar refractivity (Wildman–Crippen MR) is 124 cm³/mol. The van der Waals surface area contributed by atoms with Crippen molar-refractivity contribution in [1.82, 2.24) is 10.6 Å². The molecule has 3 aromatic carbocycles. The number of ether oxygens (including phenoxy) is 1. The summed E-state index contributed by atoms with van der Waals surface area (Å²) in [5, 5.41) is 9.16. The standard InChI is InChI=1S/C26H27N3O3/c1-32-22-13-7-12-21(16-22)28-26(31)24(14-18-8-3-2-4-9-18)29-25(30)23-15-19-10-5-6-11-20(19)17-27-23/h2-13,16,23-24,27H,14-15,17H2,1H3,(H,28,31)(H,29,30)/t23-,24+/m1/s1. The van der Waals surface area contributed by atoms with Crippen molar-refractivity contribution in [3.63, 3.8) is 0 Å². The van der Waals surface area contributed by atoms with Crippen LogP contribution >= 0.6 is 0 Å². The van der Waals surface area contributed by atoms with Crippen molar-refractivity contribution in [2.75, 3.05) is 12.4 Å². The molecule has 2 atom stereocenters. The van der Waals surface area contributed by atoms with Gasteiger partial charge in [0.1, 0.15) is 11.8 Å². The number of benzene rings is 3. The molecule has 0 aromatic heterocycles. The van der Waals surface area contributed by atoms with Crippen molar-refractivity contribution >= 4 is 17.5 Å². The van der Waals surface area contributed by atoms with Crippen molar-refractivity contribution < 1.29 is 14.3 Å². The first-order valence-electron chi connectivity index (χ1n) is 10.7. The van der Waals surface area contributed by atoms with E-state index in [1.165, 1.54) is 5.56 Å². The van der Waals surface area contributed by atoms with Gasteiger partial charge in [0.25, 0.3) is 0 Å². The van der Waals surface area contributed by atoms with Gasteiger partial charge in [0.05, 0.1) is 13.2 Å². The lowest BCUT2D eigenvalue weighted by atomic mass is 9.95. The fraction of sp³-hybridized carbons (Fsp3) is 0.231. The number of carbonyl (C=O) groups is 2. The van der Waals surface area contributed by atoms with E-state index in [1.807, 2.05) is 60.7 Å². The molecule has 3 aromatic rings. The lowest BCUT2D eigenvalue weighted by Gasteiger charge is -2.27. The average molecular weight is 430 g/mol. The van der Waals surface area contributed by atoms with Crippen molar-refractivity contribution in [2.24, 2.45) is 0 Å². The van der Waals surface area contributed by atoms with E-state index in [1.54, 1.807) is 19.2 Å². The number of nitrogens with one attached hydrogen (secondary N) is 3. The summed E-state index contributed by atoms with van der Waals surface area (Å²) in [5.74, 6) is 0.199. The van der Waals surface area contributed by atoms with Gasteiger partial charge in [-0.25, -0.2) is 0 Å². The van der Waals surface area contributed by atoms with E-state index < -0.39 is 6.04 Å². The van der Waals surface area contributed by atoms with Gasteiger partial charge in [-0.15, -0.1) is 0 Å². The highest BCUT2D eigenvalue weighted by atomic mass is 16.5. The van der Waals surface area contributed by atoms with Crippen LogP contribution < -0.4 is 20.7 Å². The summed E-state index contributed by atoms with van der Waals surface area (Å²) in [7, 11) is 1.58. The third-order valence-electron chi connectivity index (χ3n) is 5.65. The molecule has 0 radical (unpaired) electrons. The van der Waals surface area contributed by atoms with Crippen molar-refractivity contribution in [3.8, 4) is 5.75 Å². The minimum atomic E-state index is -0.713. The second kappa shape index (κ2) is 10.1. The van der Waals surface area contributed by atoms with Crippen LogP contribution in [0.3, 0.4) is 0 Å². The number of anilines is 1. The maximum absolute atomic E-state index is 13.1. The maximum atomic E-state index is 13.1. The summed E-state index contributed by atoms with van der Waals surface area (Å²) in [6, 6.07) is 23.8. The van der Waals surface area contributed by atoms with Crippen LogP contribution in [0.5, 0.6) is 5.75 Å². The lowest BCUT2D eigenvalue weighted by molar-refractivity contribution is -0.128. The molecule has 32 heavy (non-hydrogen) atoms. The van der Waals surface area contributed by atoms with Crippen molar-refractivity contribution in [2.45, 2.75) is 31.5 Å².